The molecule has 1 aliphatic carbocycles. The lowest BCUT2D eigenvalue weighted by atomic mass is 9.77. The number of piperazine rings is 1. The van der Waals surface area contributed by atoms with E-state index in [1.54, 1.807) is 0 Å². The van der Waals surface area contributed by atoms with Crippen molar-refractivity contribution in [3.8, 4) is 0 Å². The summed E-state index contributed by atoms with van der Waals surface area (Å²) in [5.41, 5.74) is -1.48. The lowest BCUT2D eigenvalue weighted by molar-refractivity contribution is -0.184. The minimum atomic E-state index is -4.85. The number of alkyl halides is 6. The van der Waals surface area contributed by atoms with Crippen LogP contribution in [0.2, 0.25) is 5.02 Å². The average Bonchev–Trinajstić information content (AvgIpc) is 2.71. The number of nitrogens with zero attached hydrogens (tertiary/aromatic N) is 2. The van der Waals surface area contributed by atoms with Crippen molar-refractivity contribution in [1.82, 2.24) is 20.5 Å². The zero-order valence-corrected chi connectivity index (χ0v) is 17.4. The maximum Gasteiger partial charge on any atom is 0.434 e. The van der Waals surface area contributed by atoms with Gasteiger partial charge in [-0.2, -0.15) is 26.3 Å². The molecule has 1 aromatic rings. The van der Waals surface area contributed by atoms with E-state index in [-0.39, 0.29) is 51.0 Å². The van der Waals surface area contributed by atoms with Crippen LogP contribution in [0.3, 0.4) is 0 Å². The predicted octanol–water partition coefficient (Wildman–Crippen LogP) is 4.31. The van der Waals surface area contributed by atoms with E-state index in [9.17, 15) is 35.9 Å². The molecule has 178 valence electrons. The van der Waals surface area contributed by atoms with Gasteiger partial charge in [-0.05, 0) is 43.7 Å². The van der Waals surface area contributed by atoms with Gasteiger partial charge in [0.25, 0.3) is 0 Å². The van der Waals surface area contributed by atoms with Crippen LogP contribution in [0.25, 0.3) is 0 Å². The van der Waals surface area contributed by atoms with E-state index in [0.717, 1.165) is 6.07 Å². The molecule has 1 saturated carbocycles. The molecule has 3 amide bonds. The van der Waals surface area contributed by atoms with Crippen LogP contribution in [0.15, 0.2) is 12.1 Å². The van der Waals surface area contributed by atoms with Crippen LogP contribution < -0.4 is 10.6 Å². The number of nitrogens with one attached hydrogen (secondary N) is 2. The van der Waals surface area contributed by atoms with E-state index >= 15 is 0 Å². The molecule has 1 aliphatic heterocycles. The molecule has 1 saturated heterocycles. The van der Waals surface area contributed by atoms with E-state index in [1.807, 2.05) is 0 Å². The van der Waals surface area contributed by atoms with Gasteiger partial charge in [0.05, 0.1) is 22.7 Å². The Morgan fingerprint density at radius 1 is 1.16 bits per heavy atom. The van der Waals surface area contributed by atoms with Gasteiger partial charge in [-0.1, -0.05) is 11.6 Å². The molecule has 3 rings (SSSR count). The second-order valence-electron chi connectivity index (χ2n) is 7.92. The molecule has 0 spiro atoms. The smallest absolute Gasteiger partial charge is 0.353 e. The largest absolute Gasteiger partial charge is 0.434 e. The van der Waals surface area contributed by atoms with E-state index in [1.165, 1.54) is 11.0 Å². The van der Waals surface area contributed by atoms with Crippen molar-refractivity contribution in [1.29, 1.82) is 0 Å². The van der Waals surface area contributed by atoms with Crippen LogP contribution in [-0.4, -0.2) is 47.6 Å². The number of aromatic nitrogens is 1. The first-order valence-electron chi connectivity index (χ1n) is 9.98. The molecule has 6 nitrogen and oxygen atoms in total. The Hall–Kier alpha value is -2.24. The molecule has 13 heteroatoms. The molecule has 0 radical (unpaired) electrons. The van der Waals surface area contributed by atoms with Gasteiger partial charge in [0, 0.05) is 13.1 Å². The van der Waals surface area contributed by atoms with Crippen molar-refractivity contribution in [2.75, 3.05) is 19.6 Å². The van der Waals surface area contributed by atoms with Crippen molar-refractivity contribution in [3.63, 3.8) is 0 Å². The fourth-order valence-corrected chi connectivity index (χ4v) is 4.29. The van der Waals surface area contributed by atoms with Gasteiger partial charge in [0.2, 0.25) is 5.91 Å². The molecule has 2 fully saturated rings. The molecule has 1 atom stereocenters. The van der Waals surface area contributed by atoms with Crippen molar-refractivity contribution in [3.05, 3.63) is 28.5 Å². The summed E-state index contributed by atoms with van der Waals surface area (Å²) in [6.45, 7) is 0.166. The minimum Gasteiger partial charge on any atom is -0.353 e. The zero-order valence-electron chi connectivity index (χ0n) is 16.7. The number of amides is 3. The van der Waals surface area contributed by atoms with Crippen molar-refractivity contribution in [2.24, 2.45) is 11.8 Å². The molecule has 2 N–H and O–H groups in total. The first-order valence-corrected chi connectivity index (χ1v) is 10.4. The van der Waals surface area contributed by atoms with Gasteiger partial charge in [-0.15, -0.1) is 0 Å². The number of hydrogen-bond donors (Lipinski definition) is 2. The third-order valence-corrected chi connectivity index (χ3v) is 6.07. The van der Waals surface area contributed by atoms with Gasteiger partial charge < -0.3 is 15.5 Å². The van der Waals surface area contributed by atoms with Crippen LogP contribution in [0.1, 0.15) is 43.1 Å². The fraction of sp³-hybridized carbons (Fsp3) is 0.632. The van der Waals surface area contributed by atoms with Gasteiger partial charge in [0.1, 0.15) is 6.54 Å². The standard InChI is InChI=1S/C19H21ClF6N4O2/c20-12-5-6-13(28-16(12)19(24,25)26)15(10-1-3-11(4-2-10)18(21,22)23)29-17(32)30-8-7-27-14(31)9-30/h5-6,10-11,15H,1-4,7-9H2,(H,27,31)(H,29,32)/t10-,11-,15-/m1/s1. The summed E-state index contributed by atoms with van der Waals surface area (Å²) in [5.74, 6) is -2.45. The van der Waals surface area contributed by atoms with Gasteiger partial charge >= 0.3 is 18.4 Å². The Kier molecular flexibility index (Phi) is 7.11. The normalized spacial score (nSPS) is 23.5. The molecule has 32 heavy (non-hydrogen) atoms. The first kappa shape index (κ1) is 24.4. The monoisotopic (exact) mass is 486 g/mol. The van der Waals surface area contributed by atoms with E-state index < -0.39 is 52.9 Å². The number of urea groups is 1. The Morgan fingerprint density at radius 2 is 1.81 bits per heavy atom. The maximum atomic E-state index is 13.3. The summed E-state index contributed by atoms with van der Waals surface area (Å²) < 4.78 is 79.0. The lowest BCUT2D eigenvalue weighted by Crippen LogP contribution is -2.54. The molecular formula is C19H21ClF6N4O2. The molecule has 2 aliphatic rings. The van der Waals surface area contributed by atoms with Crippen LogP contribution >= 0.6 is 11.6 Å². The van der Waals surface area contributed by atoms with E-state index in [2.05, 4.69) is 15.6 Å². The zero-order chi connectivity index (χ0) is 23.7. The molecule has 0 bridgehead atoms. The maximum absolute atomic E-state index is 13.3. The predicted molar refractivity (Wildman–Crippen MR) is 102 cm³/mol. The Balaban J connectivity index is 1.86. The van der Waals surface area contributed by atoms with Crippen LogP contribution in [-0.2, 0) is 11.0 Å². The highest BCUT2D eigenvalue weighted by molar-refractivity contribution is 6.31. The summed E-state index contributed by atoms with van der Waals surface area (Å²) in [7, 11) is 0. The van der Waals surface area contributed by atoms with Crippen molar-refractivity contribution in [2.45, 2.75) is 44.1 Å². The molecule has 0 aromatic carbocycles. The van der Waals surface area contributed by atoms with Crippen LogP contribution in [0.4, 0.5) is 31.1 Å². The van der Waals surface area contributed by atoms with E-state index in [4.69, 9.17) is 11.6 Å². The van der Waals surface area contributed by atoms with Crippen LogP contribution in [0, 0.1) is 11.8 Å². The second kappa shape index (κ2) is 9.32. The van der Waals surface area contributed by atoms with Crippen molar-refractivity contribution >= 4 is 23.5 Å². The Bertz CT molecular complexity index is 855. The number of halogens is 7. The van der Waals surface area contributed by atoms with E-state index in [0.29, 0.717) is 0 Å². The lowest BCUT2D eigenvalue weighted by Gasteiger charge is -2.36. The number of rotatable bonds is 3. The number of pyridine rings is 1. The molecule has 0 unspecified atom stereocenters. The summed E-state index contributed by atoms with van der Waals surface area (Å²) in [5, 5.41) is 4.52. The molecule has 1 aromatic heterocycles. The minimum absolute atomic E-state index is 0.0429. The fourth-order valence-electron chi connectivity index (χ4n) is 4.08. The highest BCUT2D eigenvalue weighted by Crippen LogP contribution is 2.43. The van der Waals surface area contributed by atoms with Crippen molar-refractivity contribution < 1.29 is 35.9 Å². The summed E-state index contributed by atoms with van der Waals surface area (Å²) in [4.78, 5) is 29.1. The quantitative estimate of drug-likeness (QED) is 0.625. The highest BCUT2D eigenvalue weighted by atomic mass is 35.5. The molecule has 2 heterocycles. The number of hydrogen-bond acceptors (Lipinski definition) is 3. The molecular weight excluding hydrogens is 466 g/mol. The SMILES string of the molecule is O=C1CN(C(=O)N[C@@H](c2ccc(Cl)c(C(F)(F)F)n2)[C@H]2CC[C@H](C(F)(F)F)CC2)CCN1. The van der Waals surface area contributed by atoms with Gasteiger partial charge in [-0.25, -0.2) is 9.78 Å². The van der Waals surface area contributed by atoms with Gasteiger partial charge in [0.15, 0.2) is 5.69 Å². The van der Waals surface area contributed by atoms with Gasteiger partial charge in [-0.3, -0.25) is 4.79 Å². The topological polar surface area (TPSA) is 74.3 Å². The number of carbonyl (C=O) groups excluding carboxylic acids is 2. The second-order valence-corrected chi connectivity index (χ2v) is 8.32. The average molecular weight is 487 g/mol. The summed E-state index contributed by atoms with van der Waals surface area (Å²) in [6.07, 6.45) is -9.52. The third-order valence-electron chi connectivity index (χ3n) is 5.77. The highest BCUT2D eigenvalue weighted by Gasteiger charge is 2.44. The Morgan fingerprint density at radius 3 is 2.38 bits per heavy atom. The summed E-state index contributed by atoms with van der Waals surface area (Å²) in [6, 6.07) is 0.455. The number of carbonyl (C=O) groups is 2. The first-order chi connectivity index (χ1) is 14.9. The third kappa shape index (κ3) is 5.76. The van der Waals surface area contributed by atoms with Crippen LogP contribution in [0.5, 0.6) is 0 Å². The summed E-state index contributed by atoms with van der Waals surface area (Å²) >= 11 is 5.64. The Labute approximate surface area is 184 Å².